The second-order valence-electron chi connectivity index (χ2n) is 7.64. The van der Waals surface area contributed by atoms with Crippen LogP contribution < -0.4 is 5.32 Å². The van der Waals surface area contributed by atoms with Gasteiger partial charge in [0, 0.05) is 36.5 Å². The van der Waals surface area contributed by atoms with Gasteiger partial charge in [-0.05, 0) is 43.5 Å². The lowest BCUT2D eigenvalue weighted by Gasteiger charge is -2.32. The van der Waals surface area contributed by atoms with Gasteiger partial charge in [0.05, 0.1) is 5.56 Å². The number of likely N-dealkylation sites (tertiary alicyclic amines) is 1. The summed E-state index contributed by atoms with van der Waals surface area (Å²) in [6.07, 6.45) is 1.55. The van der Waals surface area contributed by atoms with E-state index >= 15 is 0 Å². The monoisotopic (exact) mass is 402 g/mol. The number of hydrogen-bond acceptors (Lipinski definition) is 2. The van der Waals surface area contributed by atoms with Gasteiger partial charge in [-0.2, -0.15) is 0 Å². The van der Waals surface area contributed by atoms with E-state index in [2.05, 4.69) is 5.32 Å². The molecule has 29 heavy (non-hydrogen) atoms. The average Bonchev–Trinajstić information content (AvgIpc) is 3.48. The molecule has 4 nitrogen and oxygen atoms in total. The van der Waals surface area contributed by atoms with Crippen molar-refractivity contribution in [2.45, 2.75) is 31.2 Å². The Bertz CT molecular complexity index is 921. The Morgan fingerprint density at radius 1 is 0.897 bits per heavy atom. The molecule has 2 amide bonds. The lowest BCUT2D eigenvalue weighted by molar-refractivity contribution is -0.133. The van der Waals surface area contributed by atoms with Gasteiger partial charge < -0.3 is 10.2 Å². The minimum Gasteiger partial charge on any atom is -0.349 e. The van der Waals surface area contributed by atoms with E-state index in [0.29, 0.717) is 32.4 Å². The summed E-state index contributed by atoms with van der Waals surface area (Å²) in [4.78, 5) is 26.6. The van der Waals surface area contributed by atoms with Crippen LogP contribution in [-0.4, -0.2) is 35.8 Å². The summed E-state index contributed by atoms with van der Waals surface area (Å²) in [5.74, 6) is -3.17. The highest BCUT2D eigenvalue weighted by Gasteiger charge is 2.48. The molecular formula is C22H21F3N2O2. The first kappa shape index (κ1) is 19.5. The van der Waals surface area contributed by atoms with Crippen molar-refractivity contribution in [3.63, 3.8) is 0 Å². The summed E-state index contributed by atoms with van der Waals surface area (Å²) >= 11 is 0. The number of rotatable bonds is 4. The van der Waals surface area contributed by atoms with E-state index in [1.165, 1.54) is 36.4 Å². The maximum absolute atomic E-state index is 13.9. The van der Waals surface area contributed by atoms with E-state index in [4.69, 9.17) is 0 Å². The number of nitrogens with zero attached hydrogens (tertiary/aromatic N) is 1. The lowest BCUT2D eigenvalue weighted by atomic mass is 10.0. The third kappa shape index (κ3) is 3.99. The molecule has 1 aliphatic heterocycles. The van der Waals surface area contributed by atoms with Crippen molar-refractivity contribution in [3.8, 4) is 0 Å². The molecule has 0 radical (unpaired) electrons. The van der Waals surface area contributed by atoms with Crippen LogP contribution in [0.25, 0.3) is 0 Å². The Balaban J connectivity index is 1.31. The van der Waals surface area contributed by atoms with Crippen LogP contribution in [0.5, 0.6) is 0 Å². The first-order valence-corrected chi connectivity index (χ1v) is 9.73. The number of amides is 2. The molecule has 0 aromatic heterocycles. The molecule has 2 aliphatic rings. The molecule has 2 atom stereocenters. The van der Waals surface area contributed by atoms with Crippen LogP contribution in [0.3, 0.4) is 0 Å². The summed E-state index contributed by atoms with van der Waals surface area (Å²) in [5, 5.41) is 2.81. The fraction of sp³-hybridized carbons (Fsp3) is 0.364. The molecule has 2 fully saturated rings. The van der Waals surface area contributed by atoms with E-state index < -0.39 is 35.2 Å². The maximum atomic E-state index is 13.9. The minimum absolute atomic E-state index is 0.00116. The van der Waals surface area contributed by atoms with Crippen molar-refractivity contribution >= 4 is 11.8 Å². The van der Waals surface area contributed by atoms with Crippen molar-refractivity contribution in [2.75, 3.05) is 13.1 Å². The SMILES string of the molecule is O=C(NC1CCN(C(=O)C2CC2c2c(F)cccc2F)CC1)c1ccccc1F. The number of piperidine rings is 1. The Hall–Kier alpha value is -2.83. The number of benzene rings is 2. The fourth-order valence-corrected chi connectivity index (χ4v) is 4.04. The lowest BCUT2D eigenvalue weighted by Crippen LogP contribution is -2.47. The van der Waals surface area contributed by atoms with Gasteiger partial charge in [0.15, 0.2) is 0 Å². The molecule has 2 aromatic rings. The maximum Gasteiger partial charge on any atom is 0.254 e. The Labute approximate surface area is 166 Å². The molecule has 4 rings (SSSR count). The van der Waals surface area contributed by atoms with E-state index in [0.717, 1.165) is 0 Å². The summed E-state index contributed by atoms with van der Waals surface area (Å²) in [7, 11) is 0. The van der Waals surface area contributed by atoms with Gasteiger partial charge in [-0.3, -0.25) is 9.59 Å². The molecule has 1 saturated heterocycles. The number of halogens is 3. The number of carbonyl (C=O) groups is 2. The zero-order chi connectivity index (χ0) is 20.5. The van der Waals surface area contributed by atoms with Gasteiger partial charge in [0.1, 0.15) is 17.5 Å². The summed E-state index contributed by atoms with van der Waals surface area (Å²) in [6, 6.07) is 9.37. The smallest absolute Gasteiger partial charge is 0.254 e. The van der Waals surface area contributed by atoms with Crippen molar-refractivity contribution in [1.82, 2.24) is 10.2 Å². The third-order valence-electron chi connectivity index (χ3n) is 5.74. The second-order valence-corrected chi connectivity index (χ2v) is 7.64. The Kier molecular flexibility index (Phi) is 5.30. The quantitative estimate of drug-likeness (QED) is 0.849. The molecular weight excluding hydrogens is 381 g/mol. The molecule has 1 aliphatic carbocycles. The summed E-state index contributed by atoms with van der Waals surface area (Å²) in [5.41, 5.74) is -0.00312. The van der Waals surface area contributed by atoms with Gasteiger partial charge in [-0.25, -0.2) is 13.2 Å². The number of nitrogens with one attached hydrogen (secondary N) is 1. The van der Waals surface area contributed by atoms with Gasteiger partial charge in [-0.15, -0.1) is 0 Å². The van der Waals surface area contributed by atoms with E-state index in [1.54, 1.807) is 11.0 Å². The molecule has 0 spiro atoms. The number of hydrogen-bond donors (Lipinski definition) is 1. The highest BCUT2D eigenvalue weighted by Crippen LogP contribution is 2.50. The molecule has 7 heteroatoms. The van der Waals surface area contributed by atoms with Gasteiger partial charge in [0.2, 0.25) is 5.91 Å². The zero-order valence-electron chi connectivity index (χ0n) is 15.7. The molecule has 0 bridgehead atoms. The molecule has 1 heterocycles. The Morgan fingerprint density at radius 2 is 1.52 bits per heavy atom. The van der Waals surface area contributed by atoms with Crippen molar-refractivity contribution in [3.05, 3.63) is 71.0 Å². The van der Waals surface area contributed by atoms with E-state index in [1.807, 2.05) is 0 Å². The van der Waals surface area contributed by atoms with Crippen LogP contribution in [0.4, 0.5) is 13.2 Å². The molecule has 1 saturated carbocycles. The molecule has 1 N–H and O–H groups in total. The van der Waals surface area contributed by atoms with Crippen molar-refractivity contribution in [1.29, 1.82) is 0 Å². The minimum atomic E-state index is -0.611. The normalized spacial score (nSPS) is 21.7. The topological polar surface area (TPSA) is 49.4 Å². The van der Waals surface area contributed by atoms with E-state index in [9.17, 15) is 22.8 Å². The second kappa shape index (κ2) is 7.89. The van der Waals surface area contributed by atoms with Crippen molar-refractivity contribution < 1.29 is 22.8 Å². The predicted octanol–water partition coefficient (Wildman–Crippen LogP) is 3.63. The standard InChI is InChI=1S/C22H21F3N2O2/c23-17-5-2-1-4-14(17)21(28)26-13-8-10-27(11-9-13)22(29)16-12-15(16)20-18(24)6-3-7-19(20)25/h1-7,13,15-16H,8-12H2,(H,26,28). The fourth-order valence-electron chi connectivity index (χ4n) is 4.04. The van der Waals surface area contributed by atoms with Crippen LogP contribution >= 0.6 is 0 Å². The van der Waals surface area contributed by atoms with Crippen LogP contribution in [-0.2, 0) is 4.79 Å². The van der Waals surface area contributed by atoms with Gasteiger partial charge >= 0.3 is 0 Å². The van der Waals surface area contributed by atoms with Gasteiger partial charge in [-0.1, -0.05) is 18.2 Å². The molecule has 2 aromatic carbocycles. The highest BCUT2D eigenvalue weighted by atomic mass is 19.1. The van der Waals surface area contributed by atoms with Crippen LogP contribution in [0.1, 0.15) is 41.1 Å². The predicted molar refractivity (Wildman–Crippen MR) is 101 cm³/mol. The molecule has 2 unspecified atom stereocenters. The summed E-state index contributed by atoms with van der Waals surface area (Å²) < 4.78 is 41.6. The van der Waals surface area contributed by atoms with Crippen LogP contribution in [0.2, 0.25) is 0 Å². The van der Waals surface area contributed by atoms with Crippen LogP contribution in [0, 0.1) is 23.4 Å². The highest BCUT2D eigenvalue weighted by molar-refractivity contribution is 5.94. The van der Waals surface area contributed by atoms with Crippen molar-refractivity contribution in [2.24, 2.45) is 5.92 Å². The molecule has 152 valence electrons. The third-order valence-corrected chi connectivity index (χ3v) is 5.74. The number of carbonyl (C=O) groups excluding carboxylic acids is 2. The van der Waals surface area contributed by atoms with E-state index in [-0.39, 0.29) is 23.1 Å². The Morgan fingerprint density at radius 3 is 2.17 bits per heavy atom. The first-order valence-electron chi connectivity index (χ1n) is 9.73. The largest absolute Gasteiger partial charge is 0.349 e. The van der Waals surface area contributed by atoms with Crippen LogP contribution in [0.15, 0.2) is 42.5 Å². The van der Waals surface area contributed by atoms with Gasteiger partial charge in [0.25, 0.3) is 5.91 Å². The summed E-state index contributed by atoms with van der Waals surface area (Å²) in [6.45, 7) is 0.897. The zero-order valence-corrected chi connectivity index (χ0v) is 15.7. The first-order chi connectivity index (χ1) is 14.0. The average molecular weight is 402 g/mol.